The molecule has 0 heterocycles. The van der Waals surface area contributed by atoms with Crippen LogP contribution in [0.4, 0.5) is 5.69 Å². The number of hydrogen-bond acceptors (Lipinski definition) is 5. The number of halogens is 1. The van der Waals surface area contributed by atoms with Crippen LogP contribution in [0.1, 0.15) is 45.1 Å². The number of carbonyl (C=O) groups excluding carboxylic acids is 2. The van der Waals surface area contributed by atoms with Crippen LogP contribution in [0.15, 0.2) is 48.5 Å². The molecule has 8 nitrogen and oxygen atoms in total. The molecule has 0 saturated carbocycles. The summed E-state index contributed by atoms with van der Waals surface area (Å²) >= 11 is 6.19. The van der Waals surface area contributed by atoms with E-state index < -0.39 is 16.1 Å². The van der Waals surface area contributed by atoms with E-state index in [0.717, 1.165) is 24.7 Å². The van der Waals surface area contributed by atoms with Gasteiger partial charge in [0.1, 0.15) is 11.8 Å². The van der Waals surface area contributed by atoms with Crippen molar-refractivity contribution in [3.05, 3.63) is 59.1 Å². The van der Waals surface area contributed by atoms with Crippen LogP contribution < -0.4 is 14.4 Å². The van der Waals surface area contributed by atoms with Gasteiger partial charge in [-0.3, -0.25) is 13.9 Å². The Morgan fingerprint density at radius 3 is 2.39 bits per heavy atom. The third-order valence-electron chi connectivity index (χ3n) is 5.77. The number of amides is 2. The van der Waals surface area contributed by atoms with Gasteiger partial charge in [-0.05, 0) is 43.5 Å². The molecule has 10 heteroatoms. The van der Waals surface area contributed by atoms with Crippen LogP contribution in [0.5, 0.6) is 5.75 Å². The quantitative estimate of drug-likeness (QED) is 0.364. The van der Waals surface area contributed by atoms with E-state index in [1.165, 1.54) is 17.5 Å². The summed E-state index contributed by atoms with van der Waals surface area (Å²) in [4.78, 5) is 27.5. The van der Waals surface area contributed by atoms with Gasteiger partial charge in [0.2, 0.25) is 21.8 Å². The molecule has 0 unspecified atom stereocenters. The average Bonchev–Trinajstić information content (AvgIpc) is 2.84. The molecule has 2 rings (SSSR count). The van der Waals surface area contributed by atoms with Crippen molar-refractivity contribution in [1.82, 2.24) is 10.2 Å². The number of benzene rings is 2. The number of hydrogen-bond donors (Lipinski definition) is 1. The van der Waals surface area contributed by atoms with E-state index in [4.69, 9.17) is 16.3 Å². The van der Waals surface area contributed by atoms with E-state index in [-0.39, 0.29) is 42.8 Å². The lowest BCUT2D eigenvalue weighted by Crippen LogP contribution is -2.47. The predicted octanol–water partition coefficient (Wildman–Crippen LogP) is 4.23. The van der Waals surface area contributed by atoms with Crippen molar-refractivity contribution in [1.29, 1.82) is 0 Å². The van der Waals surface area contributed by atoms with Crippen LogP contribution in [0.2, 0.25) is 5.02 Å². The Hall–Kier alpha value is -2.78. The molecule has 0 fully saturated rings. The number of nitrogens with zero attached hydrogens (tertiary/aromatic N) is 2. The molecule has 198 valence electrons. The number of unbranched alkanes of at least 4 members (excludes halogenated alkanes) is 1. The van der Waals surface area contributed by atoms with Crippen LogP contribution in [0.25, 0.3) is 0 Å². The van der Waals surface area contributed by atoms with Gasteiger partial charge in [-0.2, -0.15) is 0 Å². The third kappa shape index (κ3) is 8.71. The van der Waals surface area contributed by atoms with Crippen LogP contribution in [-0.2, 0) is 26.2 Å². The molecular weight excluding hydrogens is 502 g/mol. The third-order valence-corrected chi connectivity index (χ3v) is 7.26. The predicted molar refractivity (Wildman–Crippen MR) is 144 cm³/mol. The first-order valence-corrected chi connectivity index (χ1v) is 14.2. The fraction of sp³-hybridized carbons (Fsp3) is 0.462. The van der Waals surface area contributed by atoms with Gasteiger partial charge in [0.15, 0.2) is 0 Å². The normalized spacial score (nSPS) is 12.0. The van der Waals surface area contributed by atoms with Gasteiger partial charge >= 0.3 is 0 Å². The van der Waals surface area contributed by atoms with Gasteiger partial charge in [-0.25, -0.2) is 8.42 Å². The minimum atomic E-state index is -3.62. The van der Waals surface area contributed by atoms with Gasteiger partial charge in [-0.15, -0.1) is 0 Å². The van der Waals surface area contributed by atoms with Crippen molar-refractivity contribution in [2.24, 2.45) is 0 Å². The Morgan fingerprint density at radius 1 is 1.11 bits per heavy atom. The van der Waals surface area contributed by atoms with Gasteiger partial charge < -0.3 is 15.0 Å². The molecule has 0 bridgehead atoms. The highest BCUT2D eigenvalue weighted by Crippen LogP contribution is 2.30. The Labute approximate surface area is 219 Å². The van der Waals surface area contributed by atoms with Gasteiger partial charge in [0, 0.05) is 26.1 Å². The first kappa shape index (κ1) is 29.5. The van der Waals surface area contributed by atoms with Crippen LogP contribution in [0, 0.1) is 0 Å². The van der Waals surface area contributed by atoms with E-state index in [2.05, 4.69) is 5.32 Å². The number of carbonyl (C=O) groups is 2. The SMILES string of the molecule is CCCCNC(=O)[C@H](C)N(Cc1ccccc1)C(=O)CCCN(c1ccc(OC)c(Cl)c1)S(C)(=O)=O. The Bertz CT molecular complexity index is 1110. The minimum absolute atomic E-state index is 0.0787. The molecule has 1 atom stereocenters. The summed E-state index contributed by atoms with van der Waals surface area (Å²) in [7, 11) is -2.14. The molecular formula is C26H36ClN3O5S. The second-order valence-corrected chi connectivity index (χ2v) is 10.9. The molecule has 0 saturated heterocycles. The Balaban J connectivity index is 2.14. The molecule has 1 N–H and O–H groups in total. The maximum Gasteiger partial charge on any atom is 0.242 e. The Kier molecular flexibility index (Phi) is 11.5. The van der Waals surface area contributed by atoms with Crippen molar-refractivity contribution in [3.8, 4) is 5.75 Å². The van der Waals surface area contributed by atoms with Crippen LogP contribution >= 0.6 is 11.6 Å². The van der Waals surface area contributed by atoms with Crippen molar-refractivity contribution < 1.29 is 22.7 Å². The molecule has 0 aromatic heterocycles. The van der Waals surface area contributed by atoms with Crippen LogP contribution in [0.3, 0.4) is 0 Å². The fourth-order valence-corrected chi connectivity index (χ4v) is 4.92. The maximum absolute atomic E-state index is 13.3. The summed E-state index contributed by atoms with van der Waals surface area (Å²) in [5.41, 5.74) is 1.30. The standard InChI is InChI=1S/C26H36ClN3O5S/c1-5-6-16-28-26(32)20(2)29(19-21-11-8-7-9-12-21)25(31)13-10-17-30(36(4,33)34)22-14-15-24(35-3)23(27)18-22/h7-9,11-12,14-15,18,20H,5-6,10,13,16-17,19H2,1-4H3,(H,28,32)/t20-/m0/s1. The number of anilines is 1. The van der Waals surface area contributed by atoms with E-state index in [1.807, 2.05) is 37.3 Å². The second-order valence-electron chi connectivity index (χ2n) is 8.59. The second kappa shape index (κ2) is 14.1. The molecule has 0 aliphatic heterocycles. The van der Waals surface area contributed by atoms with Crippen molar-refractivity contribution in [2.75, 3.05) is 30.8 Å². The van der Waals surface area contributed by atoms with Gasteiger partial charge in [0.05, 0.1) is 24.1 Å². The zero-order valence-corrected chi connectivity index (χ0v) is 22.9. The lowest BCUT2D eigenvalue weighted by Gasteiger charge is -2.29. The number of ether oxygens (including phenoxy) is 1. The van der Waals surface area contributed by atoms with E-state index in [9.17, 15) is 18.0 Å². The topological polar surface area (TPSA) is 96.0 Å². The van der Waals surface area contributed by atoms with Gasteiger partial charge in [0.25, 0.3) is 0 Å². The smallest absolute Gasteiger partial charge is 0.242 e. The lowest BCUT2D eigenvalue weighted by atomic mass is 10.1. The summed E-state index contributed by atoms with van der Waals surface area (Å²) in [6.07, 6.45) is 3.27. The fourth-order valence-electron chi connectivity index (χ4n) is 3.71. The molecule has 2 aromatic rings. The monoisotopic (exact) mass is 537 g/mol. The van der Waals surface area contributed by atoms with Crippen molar-refractivity contribution >= 4 is 39.1 Å². The van der Waals surface area contributed by atoms with E-state index >= 15 is 0 Å². The zero-order chi connectivity index (χ0) is 26.7. The minimum Gasteiger partial charge on any atom is -0.495 e. The summed E-state index contributed by atoms with van der Waals surface area (Å²) in [5.74, 6) is 0.00313. The summed E-state index contributed by atoms with van der Waals surface area (Å²) < 4.78 is 31.3. The lowest BCUT2D eigenvalue weighted by molar-refractivity contribution is -0.140. The number of nitrogens with one attached hydrogen (secondary N) is 1. The molecule has 0 aliphatic rings. The van der Waals surface area contributed by atoms with E-state index in [1.54, 1.807) is 24.0 Å². The average molecular weight is 538 g/mol. The summed E-state index contributed by atoms with van der Waals surface area (Å²) in [6, 6.07) is 13.5. The Morgan fingerprint density at radius 2 is 1.81 bits per heavy atom. The molecule has 0 aliphatic carbocycles. The molecule has 0 radical (unpaired) electrons. The molecule has 0 spiro atoms. The highest BCUT2D eigenvalue weighted by Gasteiger charge is 2.26. The maximum atomic E-state index is 13.3. The van der Waals surface area contributed by atoms with E-state index in [0.29, 0.717) is 18.0 Å². The summed E-state index contributed by atoms with van der Waals surface area (Å²) in [6.45, 7) is 4.68. The zero-order valence-electron chi connectivity index (χ0n) is 21.4. The van der Waals surface area contributed by atoms with Gasteiger partial charge in [-0.1, -0.05) is 55.3 Å². The highest BCUT2D eigenvalue weighted by molar-refractivity contribution is 7.92. The molecule has 2 aromatic carbocycles. The molecule has 2 amide bonds. The number of sulfonamides is 1. The van der Waals surface area contributed by atoms with Crippen LogP contribution in [-0.4, -0.2) is 57.6 Å². The first-order chi connectivity index (χ1) is 17.1. The first-order valence-electron chi connectivity index (χ1n) is 12.0. The number of rotatable bonds is 14. The number of methoxy groups -OCH3 is 1. The largest absolute Gasteiger partial charge is 0.495 e. The van der Waals surface area contributed by atoms with Crippen molar-refractivity contribution in [3.63, 3.8) is 0 Å². The summed E-state index contributed by atoms with van der Waals surface area (Å²) in [5, 5.41) is 3.18. The molecule has 36 heavy (non-hydrogen) atoms. The highest BCUT2D eigenvalue weighted by atomic mass is 35.5. The van der Waals surface area contributed by atoms with Crippen molar-refractivity contribution in [2.45, 2.75) is 52.1 Å².